The maximum absolute atomic E-state index is 12.4. The molecule has 0 fully saturated rings. The van der Waals surface area contributed by atoms with Gasteiger partial charge < -0.3 is 9.47 Å². The molecule has 176 valence electrons. The van der Waals surface area contributed by atoms with Gasteiger partial charge in [-0.25, -0.2) is 5.01 Å². The number of amides is 1. The fourth-order valence-corrected chi connectivity index (χ4v) is 5.22. The van der Waals surface area contributed by atoms with Crippen LogP contribution in [0.5, 0.6) is 11.5 Å². The Morgan fingerprint density at radius 3 is 2.34 bits per heavy atom. The van der Waals surface area contributed by atoms with Crippen LogP contribution >= 0.6 is 27.7 Å². The van der Waals surface area contributed by atoms with Crippen LogP contribution < -0.4 is 9.47 Å². The maximum atomic E-state index is 12.4. The minimum Gasteiger partial charge on any atom is -0.497 e. The molecule has 0 aromatic heterocycles. The Bertz CT molecular complexity index is 1350. The van der Waals surface area contributed by atoms with Crippen molar-refractivity contribution in [2.24, 2.45) is 10.1 Å². The fourth-order valence-electron chi connectivity index (χ4n) is 4.06. The highest BCUT2D eigenvalue weighted by molar-refractivity contribution is 9.10. The molecule has 1 amide bonds. The molecule has 2 aliphatic rings. The first-order valence-corrected chi connectivity index (χ1v) is 12.6. The van der Waals surface area contributed by atoms with Gasteiger partial charge in [-0.1, -0.05) is 40.2 Å². The number of carbonyl (C=O) groups is 1. The monoisotopic (exact) mass is 547 g/mol. The quantitative estimate of drug-likeness (QED) is 0.346. The van der Waals surface area contributed by atoms with Crippen LogP contribution in [0.25, 0.3) is 6.08 Å². The van der Waals surface area contributed by atoms with Crippen molar-refractivity contribution < 1.29 is 14.3 Å². The van der Waals surface area contributed by atoms with E-state index < -0.39 is 0 Å². The van der Waals surface area contributed by atoms with E-state index in [1.165, 1.54) is 0 Å². The average molecular weight is 548 g/mol. The van der Waals surface area contributed by atoms with Crippen molar-refractivity contribution >= 4 is 50.6 Å². The van der Waals surface area contributed by atoms with Crippen LogP contribution in [0.15, 0.2) is 92.3 Å². The number of methoxy groups -OCH3 is 2. The second-order valence-electron chi connectivity index (χ2n) is 7.98. The van der Waals surface area contributed by atoms with Gasteiger partial charge >= 0.3 is 5.24 Å². The van der Waals surface area contributed by atoms with Crippen molar-refractivity contribution in [1.29, 1.82) is 0 Å². The van der Waals surface area contributed by atoms with Gasteiger partial charge in [0.15, 0.2) is 5.84 Å². The molecule has 2 heterocycles. The molecule has 0 saturated carbocycles. The van der Waals surface area contributed by atoms with Gasteiger partial charge in [-0.3, -0.25) is 4.79 Å². The summed E-state index contributed by atoms with van der Waals surface area (Å²) in [4.78, 5) is 17.6. The molecule has 3 aromatic rings. The van der Waals surface area contributed by atoms with Gasteiger partial charge in [0.2, 0.25) is 0 Å². The Hall–Kier alpha value is -3.36. The third kappa shape index (κ3) is 5.04. The second-order valence-corrected chi connectivity index (χ2v) is 9.89. The molecule has 1 atom stereocenters. The minimum atomic E-state index is -0.247. The first kappa shape index (κ1) is 23.4. The molecule has 1 unspecified atom stereocenters. The van der Waals surface area contributed by atoms with Gasteiger partial charge in [0.05, 0.1) is 30.9 Å². The van der Waals surface area contributed by atoms with E-state index in [4.69, 9.17) is 14.6 Å². The van der Waals surface area contributed by atoms with E-state index in [1.54, 1.807) is 14.2 Å². The van der Waals surface area contributed by atoms with E-state index in [2.05, 4.69) is 20.9 Å². The molecule has 0 bridgehead atoms. The highest BCUT2D eigenvalue weighted by Crippen LogP contribution is 2.40. The lowest BCUT2D eigenvalue weighted by Crippen LogP contribution is -2.26. The van der Waals surface area contributed by atoms with E-state index in [9.17, 15) is 4.79 Å². The number of hydrogen-bond acceptors (Lipinski definition) is 6. The molecule has 0 N–H and O–H groups in total. The Morgan fingerprint density at radius 2 is 1.69 bits per heavy atom. The zero-order chi connectivity index (χ0) is 24.4. The van der Waals surface area contributed by atoms with E-state index in [0.29, 0.717) is 12.3 Å². The Morgan fingerprint density at radius 1 is 1.00 bits per heavy atom. The van der Waals surface area contributed by atoms with Crippen LogP contribution in [-0.2, 0) is 0 Å². The number of aliphatic imine (C=N–C) groups is 1. The highest BCUT2D eigenvalue weighted by Gasteiger charge is 2.36. The van der Waals surface area contributed by atoms with Crippen LogP contribution in [-0.4, -0.2) is 36.0 Å². The normalized spacial score (nSPS) is 18.6. The highest BCUT2D eigenvalue weighted by atomic mass is 79.9. The molecule has 3 aromatic carbocycles. The molecule has 2 aliphatic heterocycles. The Balaban J connectivity index is 1.55. The van der Waals surface area contributed by atoms with Crippen molar-refractivity contribution in [3.8, 4) is 11.5 Å². The smallest absolute Gasteiger partial charge is 0.311 e. The number of rotatable bonds is 5. The summed E-state index contributed by atoms with van der Waals surface area (Å²) in [6.45, 7) is 0. The molecular weight excluding hydrogens is 526 g/mol. The first-order valence-electron chi connectivity index (χ1n) is 11.0. The molecule has 0 aliphatic carbocycles. The number of nitrogens with zero attached hydrogens (tertiary/aromatic N) is 3. The van der Waals surface area contributed by atoms with Crippen molar-refractivity contribution in [2.45, 2.75) is 12.5 Å². The average Bonchev–Trinajstić information content (AvgIpc) is 3.47. The van der Waals surface area contributed by atoms with Gasteiger partial charge in [-0.05, 0) is 83.1 Å². The molecule has 5 rings (SSSR count). The van der Waals surface area contributed by atoms with Crippen LogP contribution in [0.3, 0.4) is 0 Å². The van der Waals surface area contributed by atoms with Crippen molar-refractivity contribution in [1.82, 2.24) is 5.01 Å². The molecular formula is C27H22BrN3O3S. The molecule has 8 heteroatoms. The number of ether oxygens (including phenoxy) is 2. The van der Waals surface area contributed by atoms with Crippen LogP contribution in [0.4, 0.5) is 4.79 Å². The van der Waals surface area contributed by atoms with Crippen LogP contribution in [0.2, 0.25) is 0 Å². The van der Waals surface area contributed by atoms with E-state index in [-0.39, 0.29) is 11.3 Å². The summed E-state index contributed by atoms with van der Waals surface area (Å²) < 4.78 is 11.6. The van der Waals surface area contributed by atoms with Gasteiger partial charge in [0.25, 0.3) is 0 Å². The van der Waals surface area contributed by atoms with Gasteiger partial charge in [0, 0.05) is 10.9 Å². The number of carbonyl (C=O) groups excluding carboxylic acids is 1. The van der Waals surface area contributed by atoms with Crippen LogP contribution in [0, 0.1) is 0 Å². The van der Waals surface area contributed by atoms with Crippen molar-refractivity contribution in [3.63, 3.8) is 0 Å². The lowest BCUT2D eigenvalue weighted by atomic mass is 9.98. The summed E-state index contributed by atoms with van der Waals surface area (Å²) in [5, 5.41) is 6.60. The Labute approximate surface area is 216 Å². The summed E-state index contributed by atoms with van der Waals surface area (Å²) in [6, 6.07) is 23.6. The predicted octanol–water partition coefficient (Wildman–Crippen LogP) is 6.92. The van der Waals surface area contributed by atoms with Crippen molar-refractivity contribution in [3.05, 3.63) is 98.9 Å². The fraction of sp³-hybridized carbons (Fsp3) is 0.148. The predicted molar refractivity (Wildman–Crippen MR) is 144 cm³/mol. The number of hydrazone groups is 1. The zero-order valence-electron chi connectivity index (χ0n) is 19.1. The number of benzene rings is 3. The number of amidine groups is 1. The third-order valence-corrected chi connectivity index (χ3v) is 7.09. The first-order chi connectivity index (χ1) is 17.0. The molecule has 0 spiro atoms. The SMILES string of the molecule is COc1ccc(C2=NN(C3=NC(=O)S/C3=C\c3cccc(Br)c3)C(c3ccc(OC)cc3)C2)cc1. The summed E-state index contributed by atoms with van der Waals surface area (Å²) in [6.07, 6.45) is 2.64. The summed E-state index contributed by atoms with van der Waals surface area (Å²) in [7, 11) is 3.30. The van der Waals surface area contributed by atoms with Gasteiger partial charge in [-0.2, -0.15) is 10.1 Å². The second kappa shape index (κ2) is 10.1. The largest absolute Gasteiger partial charge is 0.497 e. The van der Waals surface area contributed by atoms with Gasteiger partial charge in [0.1, 0.15) is 11.5 Å². The number of halogens is 1. The summed E-state index contributed by atoms with van der Waals surface area (Å²) in [5.74, 6) is 2.13. The van der Waals surface area contributed by atoms with E-state index in [0.717, 1.165) is 55.0 Å². The van der Waals surface area contributed by atoms with Gasteiger partial charge in [-0.15, -0.1) is 0 Å². The number of thioether (sulfide) groups is 1. The summed E-state index contributed by atoms with van der Waals surface area (Å²) >= 11 is 4.64. The standard InChI is InChI=1S/C27H22BrN3O3S/c1-33-21-10-6-18(7-11-21)23-16-24(19-8-12-22(34-2)13-9-19)31(30-23)26-25(35-27(32)29-26)15-17-4-3-5-20(28)14-17/h3-15,24H,16H2,1-2H3/b25-15-. The van der Waals surface area contributed by atoms with Crippen molar-refractivity contribution in [2.75, 3.05) is 14.2 Å². The van der Waals surface area contributed by atoms with E-state index >= 15 is 0 Å². The number of hydrogen-bond donors (Lipinski definition) is 0. The molecule has 0 saturated heterocycles. The molecule has 0 radical (unpaired) electrons. The topological polar surface area (TPSA) is 63.5 Å². The maximum Gasteiger partial charge on any atom is 0.311 e. The lowest BCUT2D eigenvalue weighted by molar-refractivity contribution is 0.267. The van der Waals surface area contributed by atoms with E-state index in [1.807, 2.05) is 83.9 Å². The summed E-state index contributed by atoms with van der Waals surface area (Å²) in [5.41, 5.74) is 3.96. The molecule has 35 heavy (non-hydrogen) atoms. The molecule has 6 nitrogen and oxygen atoms in total. The Kier molecular flexibility index (Phi) is 6.74. The zero-order valence-corrected chi connectivity index (χ0v) is 21.5. The third-order valence-electron chi connectivity index (χ3n) is 5.81. The lowest BCUT2D eigenvalue weighted by Gasteiger charge is -2.24. The minimum absolute atomic E-state index is 0.117. The van der Waals surface area contributed by atoms with Crippen LogP contribution in [0.1, 0.15) is 29.2 Å².